The molecule has 1 aliphatic carbocycles. The number of benzene rings is 6. The zero-order valence-corrected chi connectivity index (χ0v) is 45.9. The third kappa shape index (κ3) is 13.1. The van der Waals surface area contributed by atoms with Gasteiger partial charge in [0, 0.05) is 25.7 Å². The molecule has 2 heterocycles. The van der Waals surface area contributed by atoms with Crippen LogP contribution in [0.1, 0.15) is 97.9 Å². The number of ether oxygens (including phenoxy) is 8. The largest absolute Gasteiger partial charge is 0.493 e. The highest BCUT2D eigenvalue weighted by atomic mass is 16.7. The van der Waals surface area contributed by atoms with Crippen molar-refractivity contribution in [1.82, 2.24) is 0 Å². The van der Waals surface area contributed by atoms with Crippen molar-refractivity contribution >= 4 is 0 Å². The van der Waals surface area contributed by atoms with Gasteiger partial charge in [0.2, 0.25) is 12.6 Å². The van der Waals surface area contributed by atoms with Crippen LogP contribution in [0.3, 0.4) is 0 Å². The molecule has 2 fully saturated rings. The van der Waals surface area contributed by atoms with E-state index in [1.165, 1.54) is 0 Å². The summed E-state index contributed by atoms with van der Waals surface area (Å²) in [5.41, 5.74) is 11.4. The summed E-state index contributed by atoms with van der Waals surface area (Å²) in [5.74, 6) is 3.85. The van der Waals surface area contributed by atoms with Gasteiger partial charge in [-0.2, -0.15) is 0 Å². The molecule has 10 atom stereocenters. The first kappa shape index (κ1) is 58.4. The minimum absolute atomic E-state index is 0.352. The van der Waals surface area contributed by atoms with E-state index in [0.717, 1.165) is 115 Å². The minimum atomic E-state index is -1.58. The first-order valence-corrected chi connectivity index (χ1v) is 28.1. The molecule has 6 aromatic carbocycles. The lowest BCUT2D eigenvalue weighted by Crippen LogP contribution is -2.60. The normalized spacial score (nSPS) is 23.7. The third-order valence-corrected chi connectivity index (χ3v) is 14.7. The molecule has 80 heavy (non-hydrogen) atoms. The maximum absolute atomic E-state index is 10.7. The molecule has 2 saturated heterocycles. The van der Waals surface area contributed by atoms with Crippen molar-refractivity contribution in [1.29, 1.82) is 0 Å². The Labute approximate surface area is 467 Å². The summed E-state index contributed by atoms with van der Waals surface area (Å²) < 4.78 is 50.6. The van der Waals surface area contributed by atoms with Crippen molar-refractivity contribution in [2.24, 2.45) is 0 Å². The molecule has 0 unspecified atom stereocenters. The van der Waals surface area contributed by atoms with Crippen LogP contribution in [0.5, 0.6) is 34.5 Å². The molecule has 9 rings (SSSR count). The Balaban J connectivity index is 1.16. The van der Waals surface area contributed by atoms with Crippen LogP contribution in [0.15, 0.2) is 109 Å². The average Bonchev–Trinajstić information content (AvgIpc) is 3.53. The van der Waals surface area contributed by atoms with Gasteiger partial charge in [-0.05, 0) is 141 Å². The van der Waals surface area contributed by atoms with Crippen LogP contribution < -0.4 is 28.4 Å². The van der Waals surface area contributed by atoms with E-state index in [9.17, 15) is 40.9 Å². The summed E-state index contributed by atoms with van der Waals surface area (Å²) in [5, 5.41) is 82.5. The molecular weight excluding hydrogens is 1020 g/mol. The predicted octanol–water partition coefficient (Wildman–Crippen LogP) is 7.21. The van der Waals surface area contributed by atoms with Gasteiger partial charge >= 0.3 is 0 Å². The smallest absolute Gasteiger partial charge is 0.229 e. The number of hydrogen-bond donors (Lipinski definition) is 8. The standard InChI is InChI=1S/C64H76O16/c1-5-23-73-59-39-11-9-12-40(59)28-46-32-44(38-17-21-50(22-18-38)78-64-58(72)56(70)54(68)52(36-66)80-64)34-48(62(46)76-26-8-4)30-42-14-10-13-41(60(42)74-24-6-2)29-47-33-43(31-45(27-39)61(47)75-25-7-3)37-15-19-49(20-16-37)77-63-57(71)55(69)53(67)51(35-65)79-63/h9-22,31-34,51-58,63-72H,5-8,23-30,35-36H2,1-4H3/t51-,52-,53-,54-,55+,56+,57-,58-,63-,64-/m1/s1. The van der Waals surface area contributed by atoms with Gasteiger partial charge in [0.1, 0.15) is 83.3 Å². The predicted molar refractivity (Wildman–Crippen MR) is 300 cm³/mol. The molecule has 6 aromatic rings. The summed E-state index contributed by atoms with van der Waals surface area (Å²) in [4.78, 5) is 0. The first-order chi connectivity index (χ1) is 38.9. The molecule has 8 bridgehead atoms. The summed E-state index contributed by atoms with van der Waals surface area (Å²) in [6.45, 7) is 9.19. The lowest BCUT2D eigenvalue weighted by atomic mass is 9.88. The second-order valence-corrected chi connectivity index (χ2v) is 20.8. The molecular formula is C64H76O16. The van der Waals surface area contributed by atoms with E-state index in [2.05, 4.69) is 88.4 Å². The van der Waals surface area contributed by atoms with E-state index >= 15 is 0 Å². The maximum Gasteiger partial charge on any atom is 0.229 e. The number of fused-ring (bicyclic) bond motifs is 8. The highest BCUT2D eigenvalue weighted by Crippen LogP contribution is 2.43. The lowest BCUT2D eigenvalue weighted by Gasteiger charge is -2.39. The molecule has 16 heteroatoms. The second kappa shape index (κ2) is 27.0. The molecule has 0 spiro atoms. The van der Waals surface area contributed by atoms with Gasteiger partial charge in [-0.1, -0.05) is 88.4 Å². The van der Waals surface area contributed by atoms with Crippen LogP contribution in [-0.4, -0.2) is 142 Å². The van der Waals surface area contributed by atoms with Crippen molar-refractivity contribution in [3.8, 4) is 56.8 Å². The molecule has 3 aliphatic rings. The summed E-state index contributed by atoms with van der Waals surface area (Å²) in [7, 11) is 0. The Morgan fingerprint density at radius 3 is 0.925 bits per heavy atom. The molecule has 2 aliphatic heterocycles. The number of aliphatic hydroxyl groups is 8. The van der Waals surface area contributed by atoms with Crippen LogP contribution in [-0.2, 0) is 35.2 Å². The topological polar surface area (TPSA) is 236 Å². The van der Waals surface area contributed by atoms with Crippen molar-refractivity contribution in [2.45, 2.75) is 140 Å². The SMILES string of the molecule is CCCOc1c2cccc1Cc1cc(-c3ccc(O[C@@H]4O[C@H](CO)[C@@H](O)[C@H](O)[C@H]4O)cc3)cc(c1OCCC)Cc1cccc(c1OCCC)Cc1cc(-c3ccc(O[C@@H]4O[C@H](CO)[C@@H](O)[C@H](O)[C@H]4O)cc3)cc(c1OCCC)C2. The summed E-state index contributed by atoms with van der Waals surface area (Å²) >= 11 is 0. The zero-order valence-electron chi connectivity index (χ0n) is 45.9. The van der Waals surface area contributed by atoms with Crippen LogP contribution in [0.4, 0.5) is 0 Å². The van der Waals surface area contributed by atoms with Crippen molar-refractivity contribution < 1.29 is 78.7 Å². The van der Waals surface area contributed by atoms with E-state index in [1.807, 2.05) is 24.3 Å². The Morgan fingerprint density at radius 2 is 0.650 bits per heavy atom. The average molecular weight is 1100 g/mol. The van der Waals surface area contributed by atoms with Crippen LogP contribution in [0.25, 0.3) is 22.3 Å². The fraction of sp³-hybridized carbons (Fsp3) is 0.438. The quantitative estimate of drug-likeness (QED) is 0.0377. The fourth-order valence-electron chi connectivity index (χ4n) is 10.6. The number of para-hydroxylation sites is 2. The fourth-order valence-corrected chi connectivity index (χ4v) is 10.6. The Morgan fingerprint density at radius 1 is 0.362 bits per heavy atom. The van der Waals surface area contributed by atoms with E-state index < -0.39 is 74.6 Å². The van der Waals surface area contributed by atoms with Crippen molar-refractivity contribution in [3.05, 3.63) is 154 Å². The number of rotatable bonds is 20. The molecule has 16 nitrogen and oxygen atoms in total. The van der Waals surface area contributed by atoms with Crippen LogP contribution in [0.2, 0.25) is 0 Å². The van der Waals surface area contributed by atoms with Crippen molar-refractivity contribution in [2.75, 3.05) is 39.6 Å². The molecule has 8 N–H and O–H groups in total. The number of aliphatic hydroxyl groups excluding tert-OH is 8. The highest BCUT2D eigenvalue weighted by molar-refractivity contribution is 5.71. The highest BCUT2D eigenvalue weighted by Gasteiger charge is 2.46. The Hall–Kier alpha value is -6.28. The van der Waals surface area contributed by atoms with Gasteiger partial charge < -0.3 is 78.7 Å². The monoisotopic (exact) mass is 1100 g/mol. The molecule has 0 saturated carbocycles. The Bertz CT molecular complexity index is 2690. The van der Waals surface area contributed by atoms with Gasteiger partial charge in [-0.15, -0.1) is 0 Å². The van der Waals surface area contributed by atoms with Crippen molar-refractivity contribution in [3.63, 3.8) is 0 Å². The van der Waals surface area contributed by atoms with Gasteiger partial charge in [-0.3, -0.25) is 0 Å². The zero-order chi connectivity index (χ0) is 56.5. The van der Waals surface area contributed by atoms with Gasteiger partial charge in [0.25, 0.3) is 0 Å². The van der Waals surface area contributed by atoms with E-state index in [0.29, 0.717) is 63.6 Å². The maximum atomic E-state index is 10.7. The van der Waals surface area contributed by atoms with Crippen LogP contribution in [0, 0.1) is 0 Å². The van der Waals surface area contributed by atoms with Gasteiger partial charge in [-0.25, -0.2) is 0 Å². The molecule has 0 radical (unpaired) electrons. The second-order valence-electron chi connectivity index (χ2n) is 20.8. The minimum Gasteiger partial charge on any atom is -0.493 e. The van der Waals surface area contributed by atoms with Gasteiger partial charge in [0.05, 0.1) is 39.6 Å². The van der Waals surface area contributed by atoms with Crippen LogP contribution >= 0.6 is 0 Å². The van der Waals surface area contributed by atoms with Gasteiger partial charge in [0.15, 0.2) is 0 Å². The Kier molecular flexibility index (Phi) is 19.7. The van der Waals surface area contributed by atoms with E-state index in [1.54, 1.807) is 24.3 Å². The number of hydrogen-bond acceptors (Lipinski definition) is 16. The summed E-state index contributed by atoms with van der Waals surface area (Å²) in [6.07, 6.45) is -9.15. The molecule has 0 amide bonds. The summed E-state index contributed by atoms with van der Waals surface area (Å²) in [6, 6.07) is 36.0. The molecule has 428 valence electrons. The lowest BCUT2D eigenvalue weighted by molar-refractivity contribution is -0.277. The first-order valence-electron chi connectivity index (χ1n) is 28.1. The van der Waals surface area contributed by atoms with E-state index in [-0.39, 0.29) is 0 Å². The third-order valence-electron chi connectivity index (χ3n) is 14.7. The molecule has 0 aromatic heterocycles. The van der Waals surface area contributed by atoms with E-state index in [4.69, 9.17) is 37.9 Å².